The van der Waals surface area contributed by atoms with Crippen LogP contribution in [0.25, 0.3) is 5.65 Å². The number of hydrogen-bond acceptors (Lipinski definition) is 5. The predicted molar refractivity (Wildman–Crippen MR) is 80.3 cm³/mol. The Morgan fingerprint density at radius 3 is 2.79 bits per heavy atom. The molecular weight excluding hydrogens is 325 g/mol. The molecule has 0 radical (unpaired) electrons. The number of aromatic hydroxyl groups is 1. The van der Waals surface area contributed by atoms with Crippen LogP contribution < -0.4 is 10.1 Å². The highest BCUT2D eigenvalue weighted by atomic mass is 19.4. The van der Waals surface area contributed by atoms with Gasteiger partial charge < -0.3 is 15.2 Å². The number of halogens is 3. The third kappa shape index (κ3) is 3.67. The highest BCUT2D eigenvalue weighted by molar-refractivity contribution is 5.68. The summed E-state index contributed by atoms with van der Waals surface area (Å²) < 4.78 is 43.8. The fourth-order valence-electron chi connectivity index (χ4n) is 2.07. The van der Waals surface area contributed by atoms with Crippen molar-refractivity contribution in [2.45, 2.75) is 12.6 Å². The van der Waals surface area contributed by atoms with Crippen LogP contribution in [0.5, 0.6) is 17.4 Å². The third-order valence-corrected chi connectivity index (χ3v) is 3.14. The van der Waals surface area contributed by atoms with Gasteiger partial charge in [-0.2, -0.15) is 13.2 Å². The number of nitrogens with zero attached hydrogens (tertiary/aromatic N) is 3. The Kier molecular flexibility index (Phi) is 4.15. The van der Waals surface area contributed by atoms with Gasteiger partial charge in [0, 0.05) is 25.0 Å². The van der Waals surface area contributed by atoms with Crippen molar-refractivity contribution in [2.75, 3.05) is 11.9 Å². The molecule has 3 rings (SSSR count). The van der Waals surface area contributed by atoms with Crippen LogP contribution in [-0.2, 0) is 0 Å². The van der Waals surface area contributed by atoms with Crippen LogP contribution in [-0.4, -0.2) is 32.4 Å². The Balaban J connectivity index is 1.86. The first-order valence-corrected chi connectivity index (χ1v) is 7.03. The molecule has 6 nitrogen and oxygen atoms in total. The lowest BCUT2D eigenvalue weighted by atomic mass is 10.3. The number of imidazole rings is 1. The second kappa shape index (κ2) is 6.26. The van der Waals surface area contributed by atoms with Gasteiger partial charge in [-0.25, -0.2) is 9.50 Å². The number of rotatable bonds is 5. The third-order valence-electron chi connectivity index (χ3n) is 3.14. The van der Waals surface area contributed by atoms with Gasteiger partial charge in [-0.05, 0) is 12.1 Å². The van der Waals surface area contributed by atoms with Crippen molar-refractivity contribution in [3.63, 3.8) is 0 Å². The molecule has 0 bridgehead atoms. The summed E-state index contributed by atoms with van der Waals surface area (Å²) >= 11 is 0. The number of nitrogens with one attached hydrogen (secondary N) is 1. The highest BCUT2D eigenvalue weighted by Crippen LogP contribution is 2.31. The molecule has 24 heavy (non-hydrogen) atoms. The fourth-order valence-corrected chi connectivity index (χ4v) is 2.07. The number of aromatic nitrogens is 3. The molecule has 2 N–H and O–H groups in total. The molecule has 2 heterocycles. The predicted octanol–water partition coefficient (Wildman–Crippen LogP) is 3.59. The number of alkyl halides is 3. The minimum Gasteiger partial charge on any atom is -0.504 e. The van der Waals surface area contributed by atoms with Crippen molar-refractivity contribution < 1.29 is 23.0 Å². The Morgan fingerprint density at radius 1 is 1.25 bits per heavy atom. The average Bonchev–Trinajstić information content (AvgIpc) is 2.97. The standard InChI is InChI=1S/C15H13F3N4O2/c16-15(17,18)5-6-19-10-9-13(21-22-8-7-20-14(10)22)24-12-4-2-1-3-11(12)23/h1-4,7-9,19,23H,5-6H2. The number of phenols is 1. The number of ether oxygens (including phenoxy) is 1. The van der Waals surface area contributed by atoms with Crippen molar-refractivity contribution in [1.82, 2.24) is 14.6 Å². The Bertz CT molecular complexity index is 848. The van der Waals surface area contributed by atoms with Crippen LogP contribution in [0.15, 0.2) is 42.7 Å². The molecule has 2 aromatic heterocycles. The topological polar surface area (TPSA) is 71.7 Å². The number of fused-ring (bicyclic) bond motifs is 1. The van der Waals surface area contributed by atoms with Crippen LogP contribution in [0.2, 0.25) is 0 Å². The zero-order valence-electron chi connectivity index (χ0n) is 12.3. The molecular formula is C15H13F3N4O2. The van der Waals surface area contributed by atoms with Crippen LogP contribution in [0.3, 0.4) is 0 Å². The van der Waals surface area contributed by atoms with Gasteiger partial charge in [-0.15, -0.1) is 5.10 Å². The molecule has 0 atom stereocenters. The van der Waals surface area contributed by atoms with E-state index in [4.69, 9.17) is 4.74 Å². The van der Waals surface area contributed by atoms with Crippen LogP contribution in [0, 0.1) is 0 Å². The largest absolute Gasteiger partial charge is 0.504 e. The van der Waals surface area contributed by atoms with Crippen LogP contribution >= 0.6 is 0 Å². The monoisotopic (exact) mass is 338 g/mol. The van der Waals surface area contributed by atoms with Gasteiger partial charge in [0.15, 0.2) is 17.1 Å². The molecule has 0 fully saturated rings. The van der Waals surface area contributed by atoms with Crippen molar-refractivity contribution in [3.05, 3.63) is 42.7 Å². The lowest BCUT2D eigenvalue weighted by Crippen LogP contribution is -2.15. The van der Waals surface area contributed by atoms with Gasteiger partial charge in [-0.1, -0.05) is 12.1 Å². The van der Waals surface area contributed by atoms with Gasteiger partial charge in [0.25, 0.3) is 0 Å². The average molecular weight is 338 g/mol. The molecule has 0 amide bonds. The highest BCUT2D eigenvalue weighted by Gasteiger charge is 2.26. The number of benzene rings is 1. The van der Waals surface area contributed by atoms with Gasteiger partial charge in [0.2, 0.25) is 5.88 Å². The summed E-state index contributed by atoms with van der Waals surface area (Å²) in [6.07, 6.45) is -2.21. The molecule has 0 spiro atoms. The van der Waals surface area contributed by atoms with E-state index in [0.29, 0.717) is 11.3 Å². The zero-order chi connectivity index (χ0) is 17.2. The van der Waals surface area contributed by atoms with Crippen molar-refractivity contribution in [2.24, 2.45) is 0 Å². The van der Waals surface area contributed by atoms with Gasteiger partial charge in [0.1, 0.15) is 0 Å². The second-order valence-corrected chi connectivity index (χ2v) is 4.95. The molecule has 9 heteroatoms. The smallest absolute Gasteiger partial charge is 0.390 e. The van der Waals surface area contributed by atoms with E-state index >= 15 is 0 Å². The minimum atomic E-state index is -4.25. The van der Waals surface area contributed by atoms with Crippen molar-refractivity contribution in [1.29, 1.82) is 0 Å². The fraction of sp³-hybridized carbons (Fsp3) is 0.200. The molecule has 0 aliphatic heterocycles. The summed E-state index contributed by atoms with van der Waals surface area (Å²) in [5, 5.41) is 16.6. The van der Waals surface area contributed by atoms with Crippen molar-refractivity contribution in [3.8, 4) is 17.4 Å². The van der Waals surface area contributed by atoms with Gasteiger partial charge in [-0.3, -0.25) is 0 Å². The van der Waals surface area contributed by atoms with Gasteiger partial charge >= 0.3 is 6.18 Å². The Morgan fingerprint density at radius 2 is 2.04 bits per heavy atom. The maximum absolute atomic E-state index is 12.3. The van der Waals surface area contributed by atoms with E-state index in [-0.39, 0.29) is 23.9 Å². The van der Waals surface area contributed by atoms with E-state index in [1.54, 1.807) is 24.4 Å². The summed E-state index contributed by atoms with van der Waals surface area (Å²) in [5.74, 6) is 0.221. The minimum absolute atomic E-state index is 0.0726. The van der Waals surface area contributed by atoms with E-state index in [0.717, 1.165) is 0 Å². The molecule has 0 unspecified atom stereocenters. The number of anilines is 1. The number of phenolic OH excluding ortho intramolecular Hbond substituents is 1. The molecule has 126 valence electrons. The summed E-state index contributed by atoms with van der Waals surface area (Å²) in [6, 6.07) is 7.75. The summed E-state index contributed by atoms with van der Waals surface area (Å²) in [4.78, 5) is 4.05. The first-order chi connectivity index (χ1) is 11.4. The van der Waals surface area contributed by atoms with Crippen LogP contribution in [0.1, 0.15) is 6.42 Å². The molecule has 3 aromatic rings. The molecule has 1 aromatic carbocycles. The quantitative estimate of drug-likeness (QED) is 0.744. The maximum atomic E-state index is 12.3. The summed E-state index contributed by atoms with van der Waals surface area (Å²) in [7, 11) is 0. The second-order valence-electron chi connectivity index (χ2n) is 4.95. The van der Waals surface area contributed by atoms with E-state index in [1.807, 2.05) is 0 Å². The van der Waals surface area contributed by atoms with E-state index in [2.05, 4.69) is 15.4 Å². The molecule has 0 aliphatic rings. The number of para-hydroxylation sites is 2. The zero-order valence-corrected chi connectivity index (χ0v) is 12.3. The summed E-state index contributed by atoms with van der Waals surface area (Å²) in [6.45, 7) is -0.300. The Hall–Kier alpha value is -2.97. The normalized spacial score (nSPS) is 11.6. The number of hydrogen-bond donors (Lipinski definition) is 2. The molecule has 0 aliphatic carbocycles. The molecule has 0 saturated heterocycles. The summed E-state index contributed by atoms with van der Waals surface area (Å²) in [5.41, 5.74) is 0.728. The maximum Gasteiger partial charge on any atom is 0.390 e. The van der Waals surface area contributed by atoms with E-state index < -0.39 is 12.6 Å². The SMILES string of the molecule is Oc1ccccc1Oc1cc(NCCC(F)(F)F)c2nccn2n1. The first kappa shape index (κ1) is 15.9. The lowest BCUT2D eigenvalue weighted by Gasteiger charge is -2.12. The van der Waals surface area contributed by atoms with E-state index in [1.165, 1.54) is 22.8 Å². The van der Waals surface area contributed by atoms with Gasteiger partial charge in [0.05, 0.1) is 12.1 Å². The first-order valence-electron chi connectivity index (χ1n) is 7.03. The molecule has 0 saturated carbocycles. The van der Waals surface area contributed by atoms with Crippen LogP contribution in [0.4, 0.5) is 18.9 Å². The lowest BCUT2D eigenvalue weighted by molar-refractivity contribution is -0.131. The van der Waals surface area contributed by atoms with Crippen molar-refractivity contribution >= 4 is 11.3 Å². The van der Waals surface area contributed by atoms with E-state index in [9.17, 15) is 18.3 Å². The Labute approximate surface area is 134 Å².